The van der Waals surface area contributed by atoms with Crippen LogP contribution in [0.1, 0.15) is 37.0 Å². The van der Waals surface area contributed by atoms with Crippen LogP contribution in [0, 0.1) is 23.3 Å². The maximum absolute atomic E-state index is 13.6. The van der Waals surface area contributed by atoms with Crippen LogP contribution in [0.4, 0.5) is 34.6 Å². The van der Waals surface area contributed by atoms with E-state index >= 15 is 0 Å². The largest absolute Gasteiger partial charge is 0.477 e. The van der Waals surface area contributed by atoms with Crippen molar-refractivity contribution in [2.75, 3.05) is 26.7 Å². The van der Waals surface area contributed by atoms with Gasteiger partial charge in [0.2, 0.25) is 20.0 Å². The first kappa shape index (κ1) is 29.0. The minimum absolute atomic E-state index is 0.135. The third-order valence-corrected chi connectivity index (χ3v) is 6.86. The van der Waals surface area contributed by atoms with Gasteiger partial charge in [-0.05, 0) is 37.1 Å². The lowest BCUT2D eigenvalue weighted by molar-refractivity contribution is 0.0686. The Bertz CT molecular complexity index is 1260. The molecule has 5 N–H and O–H groups in total. The number of nitrogens with two attached hydrogens (primary N) is 1. The van der Waals surface area contributed by atoms with Gasteiger partial charge < -0.3 is 10.8 Å². The van der Waals surface area contributed by atoms with Crippen molar-refractivity contribution in [1.29, 1.82) is 0 Å². The summed E-state index contributed by atoms with van der Waals surface area (Å²) in [5.41, 5.74) is 2.28. The predicted molar refractivity (Wildman–Crippen MR) is 119 cm³/mol. The van der Waals surface area contributed by atoms with Gasteiger partial charge in [0.15, 0.2) is 11.6 Å². The van der Waals surface area contributed by atoms with E-state index in [-0.39, 0.29) is 17.2 Å². The van der Waals surface area contributed by atoms with E-state index < -0.39 is 66.2 Å². The molecule has 0 radical (unpaired) electrons. The van der Waals surface area contributed by atoms with E-state index in [1.165, 1.54) is 0 Å². The molecule has 15 heteroatoms. The van der Waals surface area contributed by atoms with E-state index in [1.807, 2.05) is 9.44 Å². The summed E-state index contributed by atoms with van der Waals surface area (Å²) >= 11 is 0. The van der Waals surface area contributed by atoms with Crippen LogP contribution < -0.4 is 15.2 Å². The average molecular weight is 530 g/mol. The quantitative estimate of drug-likeness (QED) is 0.286. The predicted octanol–water partition coefficient (Wildman–Crippen LogP) is 3.51. The van der Waals surface area contributed by atoms with Crippen LogP contribution in [0.2, 0.25) is 0 Å². The van der Waals surface area contributed by atoms with Crippen LogP contribution in [0.3, 0.4) is 0 Å². The summed E-state index contributed by atoms with van der Waals surface area (Å²) in [7, 11) is -7.37. The Morgan fingerprint density at radius 3 is 1.65 bits per heavy atom. The van der Waals surface area contributed by atoms with E-state index in [0.29, 0.717) is 18.9 Å². The molecule has 0 amide bonds. The number of aromatic carboxylic acids is 1. The lowest BCUT2D eigenvalue weighted by Crippen LogP contribution is -2.18. The van der Waals surface area contributed by atoms with Crippen molar-refractivity contribution in [2.24, 2.45) is 0 Å². The standard InChI is InChI=1S/C10H11F2NO4S.C9H12F2N2O2S/c1-2-5-18(16,17)13-7-4-3-6(11)8(9(7)12)10(14)15;1-2-5-16(14,15)13-7-4-3-6(10)9(12)8(7)11/h3-4,13H,2,5H2,1H3,(H,14,15);3-4,13H,2,5,12H2,1H3. The van der Waals surface area contributed by atoms with Crippen molar-refractivity contribution in [2.45, 2.75) is 26.7 Å². The monoisotopic (exact) mass is 529 g/mol. The lowest BCUT2D eigenvalue weighted by atomic mass is 10.2. The minimum Gasteiger partial charge on any atom is -0.477 e. The maximum Gasteiger partial charge on any atom is 0.341 e. The molecule has 0 bridgehead atoms. The number of anilines is 3. The average Bonchev–Trinajstić information content (AvgIpc) is 2.71. The zero-order valence-electron chi connectivity index (χ0n) is 18.0. The summed E-state index contributed by atoms with van der Waals surface area (Å²) in [5, 5.41) is 8.62. The Morgan fingerprint density at radius 2 is 1.24 bits per heavy atom. The number of carboxylic acid groups (broad SMARTS) is 1. The molecule has 0 spiro atoms. The van der Waals surface area contributed by atoms with Gasteiger partial charge in [-0.2, -0.15) is 0 Å². The number of nitrogens with one attached hydrogen (secondary N) is 2. The number of nitrogen functional groups attached to an aromatic ring is 1. The van der Waals surface area contributed by atoms with Gasteiger partial charge in [0.05, 0.1) is 22.9 Å². The first-order valence-corrected chi connectivity index (χ1v) is 12.9. The van der Waals surface area contributed by atoms with E-state index in [4.69, 9.17) is 10.8 Å². The molecule has 9 nitrogen and oxygen atoms in total. The number of carboxylic acids is 1. The molecular formula is C19H23F4N3O6S2. The lowest BCUT2D eigenvalue weighted by Gasteiger charge is -2.09. The summed E-state index contributed by atoms with van der Waals surface area (Å²) in [5.74, 6) is -6.91. The molecule has 0 saturated carbocycles. The van der Waals surface area contributed by atoms with Crippen LogP contribution in [0.5, 0.6) is 0 Å². The summed E-state index contributed by atoms with van der Waals surface area (Å²) in [6.45, 7) is 3.29. The molecule has 2 rings (SSSR count). The van der Waals surface area contributed by atoms with Gasteiger partial charge in [-0.25, -0.2) is 39.2 Å². The van der Waals surface area contributed by atoms with Crippen LogP contribution in [0.15, 0.2) is 24.3 Å². The van der Waals surface area contributed by atoms with Crippen molar-refractivity contribution in [1.82, 2.24) is 0 Å². The van der Waals surface area contributed by atoms with Crippen LogP contribution in [-0.4, -0.2) is 39.4 Å². The number of benzene rings is 2. The number of hydrogen-bond acceptors (Lipinski definition) is 6. The molecule has 0 aliphatic carbocycles. The number of halogens is 4. The first-order chi connectivity index (χ1) is 15.7. The highest BCUT2D eigenvalue weighted by Gasteiger charge is 2.22. The molecule has 0 aliphatic rings. The van der Waals surface area contributed by atoms with Gasteiger partial charge in [-0.3, -0.25) is 9.44 Å². The molecule has 190 valence electrons. The molecule has 2 aromatic carbocycles. The van der Waals surface area contributed by atoms with E-state index in [1.54, 1.807) is 13.8 Å². The molecule has 34 heavy (non-hydrogen) atoms. The third-order valence-electron chi connectivity index (χ3n) is 3.91. The highest BCUT2D eigenvalue weighted by Crippen LogP contribution is 2.24. The summed E-state index contributed by atoms with van der Waals surface area (Å²) < 4.78 is 102. The Labute approximate surface area is 194 Å². The number of hydrogen-bond donors (Lipinski definition) is 4. The van der Waals surface area contributed by atoms with Crippen LogP contribution >= 0.6 is 0 Å². The molecule has 2 aromatic rings. The molecule has 0 fully saturated rings. The summed E-state index contributed by atoms with van der Waals surface area (Å²) in [6, 6.07) is 3.43. The molecule has 0 saturated heterocycles. The van der Waals surface area contributed by atoms with Gasteiger partial charge in [0, 0.05) is 0 Å². The van der Waals surface area contributed by atoms with E-state index in [9.17, 15) is 39.2 Å². The number of sulfonamides is 2. The zero-order valence-corrected chi connectivity index (χ0v) is 19.7. The number of rotatable bonds is 9. The Balaban J connectivity index is 0.000000342. The smallest absolute Gasteiger partial charge is 0.341 e. The van der Waals surface area contributed by atoms with E-state index in [2.05, 4.69) is 0 Å². The zero-order chi connectivity index (χ0) is 26.3. The molecule has 0 aromatic heterocycles. The minimum atomic E-state index is -3.77. The van der Waals surface area contributed by atoms with Crippen LogP contribution in [0.25, 0.3) is 0 Å². The van der Waals surface area contributed by atoms with Gasteiger partial charge in [-0.15, -0.1) is 0 Å². The van der Waals surface area contributed by atoms with Crippen molar-refractivity contribution in [3.8, 4) is 0 Å². The molecular weight excluding hydrogens is 506 g/mol. The molecule has 0 aliphatic heterocycles. The van der Waals surface area contributed by atoms with Crippen molar-refractivity contribution in [3.05, 3.63) is 53.1 Å². The number of carbonyl (C=O) groups is 1. The van der Waals surface area contributed by atoms with Crippen molar-refractivity contribution < 1.29 is 44.3 Å². The normalized spacial score (nSPS) is 11.4. The molecule has 0 heterocycles. The van der Waals surface area contributed by atoms with Gasteiger partial charge in [0.1, 0.15) is 22.9 Å². The Kier molecular flexibility index (Phi) is 10.1. The van der Waals surface area contributed by atoms with Crippen molar-refractivity contribution >= 4 is 43.1 Å². The topological polar surface area (TPSA) is 156 Å². The van der Waals surface area contributed by atoms with E-state index in [0.717, 1.165) is 18.2 Å². The summed E-state index contributed by atoms with van der Waals surface area (Å²) in [6.07, 6.45) is 0.706. The second kappa shape index (κ2) is 11.9. The fourth-order valence-corrected chi connectivity index (χ4v) is 4.71. The summed E-state index contributed by atoms with van der Waals surface area (Å²) in [4.78, 5) is 10.6. The highest BCUT2D eigenvalue weighted by molar-refractivity contribution is 7.92. The fourth-order valence-electron chi connectivity index (χ4n) is 2.45. The SMILES string of the molecule is CCCS(=O)(=O)Nc1ccc(F)c(C(=O)O)c1F.CCCS(=O)(=O)Nc1ccc(F)c(N)c1F. The van der Waals surface area contributed by atoms with Crippen molar-refractivity contribution in [3.63, 3.8) is 0 Å². The van der Waals surface area contributed by atoms with Gasteiger partial charge >= 0.3 is 5.97 Å². The second-order valence-corrected chi connectivity index (χ2v) is 10.4. The Morgan fingerprint density at radius 1 is 0.824 bits per heavy atom. The van der Waals surface area contributed by atoms with Crippen LogP contribution in [-0.2, 0) is 20.0 Å². The Hall–Kier alpha value is -3.07. The second-order valence-electron chi connectivity index (χ2n) is 6.75. The van der Waals surface area contributed by atoms with Gasteiger partial charge in [-0.1, -0.05) is 13.8 Å². The molecule has 0 atom stereocenters. The maximum atomic E-state index is 13.6. The van der Waals surface area contributed by atoms with Gasteiger partial charge in [0.25, 0.3) is 0 Å². The first-order valence-electron chi connectivity index (χ1n) is 9.61. The third kappa shape index (κ3) is 8.06. The molecule has 0 unspecified atom stereocenters. The highest BCUT2D eigenvalue weighted by atomic mass is 32.2. The fraction of sp³-hybridized carbons (Fsp3) is 0.316.